The molecule has 0 atom stereocenters. The van der Waals surface area contributed by atoms with Crippen LogP contribution in [0.4, 0.5) is 5.69 Å². The van der Waals surface area contributed by atoms with Crippen LogP contribution in [0.5, 0.6) is 5.75 Å². The van der Waals surface area contributed by atoms with E-state index in [2.05, 4.69) is 5.32 Å². The maximum atomic E-state index is 11.6. The number of carbonyl (C=O) groups is 1. The van der Waals surface area contributed by atoms with Crippen molar-refractivity contribution in [1.82, 2.24) is 0 Å². The summed E-state index contributed by atoms with van der Waals surface area (Å²) < 4.78 is 28.0. The van der Waals surface area contributed by atoms with E-state index < -0.39 is 21.3 Å². The van der Waals surface area contributed by atoms with Crippen LogP contribution in [-0.2, 0) is 14.6 Å². The first-order chi connectivity index (χ1) is 9.37. The number of carboxylic acid groups (broad SMARTS) is 1. The van der Waals surface area contributed by atoms with E-state index in [1.54, 1.807) is 24.3 Å². The van der Waals surface area contributed by atoms with Crippen LogP contribution >= 0.6 is 0 Å². The molecular formula is C13H17NO5S. The van der Waals surface area contributed by atoms with Gasteiger partial charge in [-0.3, -0.25) is 0 Å². The maximum absolute atomic E-state index is 11.6. The van der Waals surface area contributed by atoms with Gasteiger partial charge in [0, 0.05) is 11.8 Å². The number of methoxy groups -OCH3 is 1. The van der Waals surface area contributed by atoms with Crippen molar-refractivity contribution in [3.05, 3.63) is 24.3 Å². The van der Waals surface area contributed by atoms with E-state index in [0.717, 1.165) is 0 Å². The monoisotopic (exact) mass is 299 g/mol. The number of anilines is 1. The Morgan fingerprint density at radius 2 is 2.00 bits per heavy atom. The molecule has 0 unspecified atom stereocenters. The lowest BCUT2D eigenvalue weighted by Crippen LogP contribution is -2.51. The number of sulfone groups is 1. The summed E-state index contributed by atoms with van der Waals surface area (Å²) in [5.41, 5.74) is -0.636. The molecule has 2 N–H and O–H groups in total. The van der Waals surface area contributed by atoms with Crippen LogP contribution in [0.1, 0.15) is 12.8 Å². The topological polar surface area (TPSA) is 92.7 Å². The second-order valence-electron chi connectivity index (χ2n) is 4.90. The van der Waals surface area contributed by atoms with E-state index in [0.29, 0.717) is 11.4 Å². The highest BCUT2D eigenvalue weighted by Gasteiger charge is 2.43. The van der Waals surface area contributed by atoms with Crippen molar-refractivity contribution >= 4 is 21.5 Å². The first-order valence-electron chi connectivity index (χ1n) is 6.23. The van der Waals surface area contributed by atoms with E-state index >= 15 is 0 Å². The van der Waals surface area contributed by atoms with Gasteiger partial charge >= 0.3 is 5.97 Å². The largest absolute Gasteiger partial charge is 0.497 e. The van der Waals surface area contributed by atoms with Crippen molar-refractivity contribution in [2.24, 2.45) is 0 Å². The molecule has 1 heterocycles. The molecule has 0 aliphatic carbocycles. The SMILES string of the molecule is COc1cccc(NC2(C(=O)O)CCS(=O)(=O)CC2)c1. The first-order valence-corrected chi connectivity index (χ1v) is 8.05. The summed E-state index contributed by atoms with van der Waals surface area (Å²) in [5.74, 6) is -0.652. The summed E-state index contributed by atoms with van der Waals surface area (Å²) in [5, 5.41) is 12.4. The molecule has 0 amide bonds. The smallest absolute Gasteiger partial charge is 0.329 e. The molecule has 2 rings (SSSR count). The first kappa shape index (κ1) is 14.6. The highest BCUT2D eigenvalue weighted by Crippen LogP contribution is 2.29. The lowest BCUT2D eigenvalue weighted by Gasteiger charge is -2.34. The molecule has 1 saturated heterocycles. The number of benzene rings is 1. The minimum atomic E-state index is -3.12. The van der Waals surface area contributed by atoms with Gasteiger partial charge in [-0.05, 0) is 25.0 Å². The van der Waals surface area contributed by atoms with Crippen LogP contribution in [0.2, 0.25) is 0 Å². The molecule has 1 fully saturated rings. The van der Waals surface area contributed by atoms with Crippen LogP contribution in [0.3, 0.4) is 0 Å². The van der Waals surface area contributed by atoms with Gasteiger partial charge in [0.25, 0.3) is 0 Å². The molecule has 20 heavy (non-hydrogen) atoms. The van der Waals surface area contributed by atoms with Crippen molar-refractivity contribution in [3.8, 4) is 5.75 Å². The van der Waals surface area contributed by atoms with E-state index in [1.165, 1.54) is 7.11 Å². The summed E-state index contributed by atoms with van der Waals surface area (Å²) in [6.07, 6.45) is 0.115. The fourth-order valence-corrected chi connectivity index (χ4v) is 3.78. The number of ether oxygens (including phenoxy) is 1. The van der Waals surface area contributed by atoms with Crippen molar-refractivity contribution in [2.45, 2.75) is 18.4 Å². The third-order valence-corrected chi connectivity index (χ3v) is 5.19. The Bertz CT molecular complexity index is 597. The summed E-state index contributed by atoms with van der Waals surface area (Å²) in [7, 11) is -1.59. The van der Waals surface area contributed by atoms with Gasteiger partial charge < -0.3 is 15.2 Å². The van der Waals surface area contributed by atoms with Gasteiger partial charge in [0.15, 0.2) is 9.84 Å². The number of aliphatic carboxylic acids is 1. The Labute approximate surface area is 117 Å². The predicted molar refractivity (Wildman–Crippen MR) is 74.9 cm³/mol. The van der Waals surface area contributed by atoms with Gasteiger partial charge in [-0.2, -0.15) is 0 Å². The van der Waals surface area contributed by atoms with E-state index in [4.69, 9.17) is 4.74 Å². The zero-order chi connectivity index (χ0) is 14.8. The highest BCUT2D eigenvalue weighted by molar-refractivity contribution is 7.91. The van der Waals surface area contributed by atoms with Crippen LogP contribution < -0.4 is 10.1 Å². The molecule has 0 radical (unpaired) electrons. The number of hydrogen-bond donors (Lipinski definition) is 2. The maximum Gasteiger partial charge on any atom is 0.329 e. The minimum Gasteiger partial charge on any atom is -0.497 e. The molecule has 0 spiro atoms. The molecule has 7 heteroatoms. The lowest BCUT2D eigenvalue weighted by molar-refractivity contribution is -0.142. The summed E-state index contributed by atoms with van der Waals surface area (Å²) in [4.78, 5) is 11.6. The molecule has 1 aromatic rings. The second-order valence-corrected chi connectivity index (χ2v) is 7.20. The quantitative estimate of drug-likeness (QED) is 0.866. The Hall–Kier alpha value is -1.76. The average Bonchev–Trinajstić information content (AvgIpc) is 2.41. The molecule has 0 bridgehead atoms. The number of nitrogens with one attached hydrogen (secondary N) is 1. The normalized spacial score (nSPS) is 20.1. The molecule has 1 aliphatic heterocycles. The standard InChI is InChI=1S/C13H17NO5S/c1-19-11-4-2-3-10(9-11)14-13(12(15)16)5-7-20(17,18)8-6-13/h2-4,9,14H,5-8H2,1H3,(H,15,16). The Kier molecular flexibility index (Phi) is 3.89. The molecule has 6 nitrogen and oxygen atoms in total. The Morgan fingerprint density at radius 1 is 1.35 bits per heavy atom. The number of rotatable bonds is 4. The van der Waals surface area contributed by atoms with E-state index in [9.17, 15) is 18.3 Å². The zero-order valence-electron chi connectivity index (χ0n) is 11.1. The van der Waals surface area contributed by atoms with Crippen molar-refractivity contribution < 1.29 is 23.1 Å². The van der Waals surface area contributed by atoms with Crippen molar-refractivity contribution in [2.75, 3.05) is 23.9 Å². The fraction of sp³-hybridized carbons (Fsp3) is 0.462. The van der Waals surface area contributed by atoms with Gasteiger partial charge in [0.1, 0.15) is 11.3 Å². The van der Waals surface area contributed by atoms with Gasteiger partial charge in [0.05, 0.1) is 18.6 Å². The van der Waals surface area contributed by atoms with Gasteiger partial charge in [-0.25, -0.2) is 13.2 Å². The number of carboxylic acids is 1. The molecular weight excluding hydrogens is 282 g/mol. The van der Waals surface area contributed by atoms with Crippen molar-refractivity contribution in [1.29, 1.82) is 0 Å². The van der Waals surface area contributed by atoms with Crippen LogP contribution in [0.25, 0.3) is 0 Å². The third-order valence-electron chi connectivity index (χ3n) is 3.54. The molecule has 1 aromatic carbocycles. The molecule has 0 saturated carbocycles. The highest BCUT2D eigenvalue weighted by atomic mass is 32.2. The molecule has 1 aliphatic rings. The van der Waals surface area contributed by atoms with Crippen LogP contribution in [-0.4, -0.2) is 43.6 Å². The summed E-state index contributed by atoms with van der Waals surface area (Å²) >= 11 is 0. The molecule has 0 aromatic heterocycles. The minimum absolute atomic E-state index is 0.0574. The van der Waals surface area contributed by atoms with Gasteiger partial charge in [-0.1, -0.05) is 6.07 Å². The third kappa shape index (κ3) is 3.04. The van der Waals surface area contributed by atoms with Crippen molar-refractivity contribution in [3.63, 3.8) is 0 Å². The average molecular weight is 299 g/mol. The van der Waals surface area contributed by atoms with Crippen LogP contribution in [0.15, 0.2) is 24.3 Å². The Balaban J connectivity index is 2.24. The van der Waals surface area contributed by atoms with E-state index in [1.807, 2.05) is 0 Å². The summed E-state index contributed by atoms with van der Waals surface area (Å²) in [6, 6.07) is 6.92. The second kappa shape index (κ2) is 5.32. The Morgan fingerprint density at radius 3 is 2.55 bits per heavy atom. The van der Waals surface area contributed by atoms with Gasteiger partial charge in [-0.15, -0.1) is 0 Å². The summed E-state index contributed by atoms with van der Waals surface area (Å²) in [6.45, 7) is 0. The van der Waals surface area contributed by atoms with Crippen LogP contribution in [0, 0.1) is 0 Å². The van der Waals surface area contributed by atoms with E-state index in [-0.39, 0.29) is 24.3 Å². The lowest BCUT2D eigenvalue weighted by atomic mass is 9.92. The number of hydrogen-bond acceptors (Lipinski definition) is 5. The van der Waals surface area contributed by atoms with Gasteiger partial charge in [0.2, 0.25) is 0 Å². The predicted octanol–water partition coefficient (Wildman–Crippen LogP) is 1.14. The zero-order valence-corrected chi connectivity index (χ0v) is 11.9. The fourth-order valence-electron chi connectivity index (χ4n) is 2.26. The molecule has 110 valence electrons.